The van der Waals surface area contributed by atoms with E-state index in [1.54, 1.807) is 6.07 Å². The van der Waals surface area contributed by atoms with E-state index in [4.69, 9.17) is 23.2 Å². The molecule has 0 aliphatic heterocycles. The minimum absolute atomic E-state index is 0.359. The van der Waals surface area contributed by atoms with Gasteiger partial charge >= 0.3 is 0 Å². The zero-order valence-corrected chi connectivity index (χ0v) is 12.6. The van der Waals surface area contributed by atoms with Gasteiger partial charge in [-0.3, -0.25) is 0 Å². The van der Waals surface area contributed by atoms with Gasteiger partial charge in [0.15, 0.2) is 0 Å². The van der Waals surface area contributed by atoms with Gasteiger partial charge in [-0.15, -0.1) is 0 Å². The van der Waals surface area contributed by atoms with Crippen molar-refractivity contribution in [2.24, 2.45) is 0 Å². The van der Waals surface area contributed by atoms with E-state index in [0.29, 0.717) is 11.1 Å². The van der Waals surface area contributed by atoms with Gasteiger partial charge in [0.1, 0.15) is 0 Å². The Labute approximate surface area is 124 Å². The van der Waals surface area contributed by atoms with Crippen molar-refractivity contribution in [3.8, 4) is 11.1 Å². The van der Waals surface area contributed by atoms with E-state index in [-0.39, 0.29) is 0 Å². The van der Waals surface area contributed by atoms with Crippen LogP contribution in [0.4, 0.5) is 0 Å². The fourth-order valence-electron chi connectivity index (χ4n) is 2.25. The highest BCUT2D eigenvalue weighted by molar-refractivity contribution is 6.35. The lowest BCUT2D eigenvalue weighted by Gasteiger charge is -2.15. The standard InChI is InChI=1S/C16H17Cl2N/c1-3-16(19-2)12-6-4-5-11(9-12)14-10-13(17)7-8-15(14)18/h4-10,16,19H,3H2,1-2H3. The Morgan fingerprint density at radius 3 is 2.58 bits per heavy atom. The second-order valence-electron chi connectivity index (χ2n) is 4.50. The molecule has 0 heterocycles. The van der Waals surface area contributed by atoms with Gasteiger partial charge in [-0.05, 0) is 48.9 Å². The van der Waals surface area contributed by atoms with Crippen LogP contribution in [0, 0.1) is 0 Å². The van der Waals surface area contributed by atoms with Crippen molar-refractivity contribution in [2.75, 3.05) is 7.05 Å². The predicted molar refractivity (Wildman–Crippen MR) is 84.0 cm³/mol. The Bertz CT molecular complexity index is 562. The van der Waals surface area contributed by atoms with Crippen molar-refractivity contribution in [1.29, 1.82) is 0 Å². The van der Waals surface area contributed by atoms with Crippen LogP contribution in [0.5, 0.6) is 0 Å². The Kier molecular flexibility index (Phi) is 4.87. The largest absolute Gasteiger partial charge is 0.313 e. The molecule has 1 N–H and O–H groups in total. The normalized spacial score (nSPS) is 12.4. The second-order valence-corrected chi connectivity index (χ2v) is 5.34. The van der Waals surface area contributed by atoms with Crippen molar-refractivity contribution in [3.05, 3.63) is 58.1 Å². The number of hydrogen-bond donors (Lipinski definition) is 1. The maximum absolute atomic E-state index is 6.26. The third-order valence-corrected chi connectivity index (χ3v) is 3.85. The van der Waals surface area contributed by atoms with E-state index in [9.17, 15) is 0 Å². The summed E-state index contributed by atoms with van der Waals surface area (Å²) in [6.07, 6.45) is 1.04. The molecule has 0 aromatic heterocycles. The van der Waals surface area contributed by atoms with Crippen LogP contribution >= 0.6 is 23.2 Å². The monoisotopic (exact) mass is 293 g/mol. The van der Waals surface area contributed by atoms with E-state index in [2.05, 4.69) is 36.5 Å². The fourth-order valence-corrected chi connectivity index (χ4v) is 2.65. The molecule has 100 valence electrons. The van der Waals surface area contributed by atoms with Gasteiger partial charge in [-0.1, -0.05) is 48.3 Å². The number of rotatable bonds is 4. The molecule has 0 aliphatic rings. The van der Waals surface area contributed by atoms with Crippen LogP contribution in [-0.2, 0) is 0 Å². The lowest BCUT2D eigenvalue weighted by Crippen LogP contribution is -2.15. The van der Waals surface area contributed by atoms with Crippen LogP contribution in [0.15, 0.2) is 42.5 Å². The molecule has 19 heavy (non-hydrogen) atoms. The predicted octanol–water partition coefficient (Wildman–Crippen LogP) is 5.33. The van der Waals surface area contributed by atoms with Crippen LogP contribution in [-0.4, -0.2) is 7.05 Å². The smallest absolute Gasteiger partial charge is 0.0485 e. The molecular weight excluding hydrogens is 277 g/mol. The first kappa shape index (κ1) is 14.4. The number of hydrogen-bond acceptors (Lipinski definition) is 1. The van der Waals surface area contributed by atoms with E-state index >= 15 is 0 Å². The average molecular weight is 294 g/mol. The summed E-state index contributed by atoms with van der Waals surface area (Å²) in [6, 6.07) is 14.3. The molecule has 0 fully saturated rings. The van der Waals surface area contributed by atoms with Gasteiger partial charge < -0.3 is 5.32 Å². The lowest BCUT2D eigenvalue weighted by atomic mass is 9.98. The molecular formula is C16H17Cl2N. The Balaban J connectivity index is 2.45. The molecule has 0 spiro atoms. The van der Waals surface area contributed by atoms with Crippen LogP contribution < -0.4 is 5.32 Å². The van der Waals surface area contributed by atoms with Crippen LogP contribution in [0.1, 0.15) is 24.9 Å². The zero-order valence-electron chi connectivity index (χ0n) is 11.1. The highest BCUT2D eigenvalue weighted by Gasteiger charge is 2.09. The van der Waals surface area contributed by atoms with Crippen molar-refractivity contribution in [3.63, 3.8) is 0 Å². The topological polar surface area (TPSA) is 12.0 Å². The summed E-state index contributed by atoms with van der Waals surface area (Å²) in [4.78, 5) is 0. The first-order chi connectivity index (χ1) is 9.15. The molecule has 2 aromatic carbocycles. The third-order valence-electron chi connectivity index (χ3n) is 3.29. The van der Waals surface area contributed by atoms with Gasteiger partial charge in [-0.25, -0.2) is 0 Å². The first-order valence-corrected chi connectivity index (χ1v) is 7.14. The maximum atomic E-state index is 6.26. The zero-order chi connectivity index (χ0) is 13.8. The highest BCUT2D eigenvalue weighted by atomic mass is 35.5. The van der Waals surface area contributed by atoms with Gasteiger partial charge in [0.05, 0.1) is 0 Å². The molecule has 2 rings (SSSR count). The Morgan fingerprint density at radius 1 is 1.11 bits per heavy atom. The summed E-state index contributed by atoms with van der Waals surface area (Å²) in [5.74, 6) is 0. The van der Waals surface area contributed by atoms with Crippen molar-refractivity contribution in [2.45, 2.75) is 19.4 Å². The molecule has 0 saturated heterocycles. The molecule has 0 amide bonds. The summed E-state index contributed by atoms with van der Waals surface area (Å²) >= 11 is 12.3. The minimum Gasteiger partial charge on any atom is -0.313 e. The molecule has 1 nitrogen and oxygen atoms in total. The van der Waals surface area contributed by atoms with Gasteiger partial charge in [0.25, 0.3) is 0 Å². The van der Waals surface area contributed by atoms with Crippen molar-refractivity contribution in [1.82, 2.24) is 5.32 Å². The Morgan fingerprint density at radius 2 is 1.89 bits per heavy atom. The quantitative estimate of drug-likeness (QED) is 0.803. The van der Waals surface area contributed by atoms with Crippen LogP contribution in [0.3, 0.4) is 0 Å². The molecule has 0 aliphatic carbocycles. The fraction of sp³-hybridized carbons (Fsp3) is 0.250. The highest BCUT2D eigenvalue weighted by Crippen LogP contribution is 2.32. The van der Waals surface area contributed by atoms with Crippen LogP contribution in [0.2, 0.25) is 10.0 Å². The second kappa shape index (κ2) is 6.42. The van der Waals surface area contributed by atoms with E-state index in [1.807, 2.05) is 19.2 Å². The summed E-state index contributed by atoms with van der Waals surface area (Å²) in [7, 11) is 1.98. The average Bonchev–Trinajstić information content (AvgIpc) is 2.43. The summed E-state index contributed by atoms with van der Waals surface area (Å²) in [6.45, 7) is 2.17. The number of benzene rings is 2. The van der Waals surface area contributed by atoms with Crippen molar-refractivity contribution < 1.29 is 0 Å². The van der Waals surface area contributed by atoms with Gasteiger partial charge in [-0.2, -0.15) is 0 Å². The van der Waals surface area contributed by atoms with E-state index < -0.39 is 0 Å². The molecule has 0 bridgehead atoms. The molecule has 0 saturated carbocycles. The first-order valence-electron chi connectivity index (χ1n) is 6.38. The lowest BCUT2D eigenvalue weighted by molar-refractivity contribution is 0.577. The third kappa shape index (κ3) is 3.30. The van der Waals surface area contributed by atoms with E-state index in [0.717, 1.165) is 22.6 Å². The molecule has 2 aromatic rings. The number of halogens is 2. The Hall–Kier alpha value is -1.02. The van der Waals surface area contributed by atoms with Crippen molar-refractivity contribution >= 4 is 23.2 Å². The maximum Gasteiger partial charge on any atom is 0.0485 e. The summed E-state index contributed by atoms with van der Waals surface area (Å²) < 4.78 is 0. The molecule has 1 unspecified atom stereocenters. The summed E-state index contributed by atoms with van der Waals surface area (Å²) in [5, 5.41) is 4.73. The van der Waals surface area contributed by atoms with Gasteiger partial charge in [0, 0.05) is 21.7 Å². The summed E-state index contributed by atoms with van der Waals surface area (Å²) in [5.41, 5.74) is 3.33. The van der Waals surface area contributed by atoms with E-state index in [1.165, 1.54) is 5.56 Å². The molecule has 1 atom stereocenters. The SMILES string of the molecule is CCC(NC)c1cccc(-c2cc(Cl)ccc2Cl)c1. The van der Waals surface area contributed by atoms with Gasteiger partial charge in [0.2, 0.25) is 0 Å². The molecule has 0 radical (unpaired) electrons. The number of nitrogens with one attached hydrogen (secondary N) is 1. The minimum atomic E-state index is 0.359. The van der Waals surface area contributed by atoms with Crippen LogP contribution in [0.25, 0.3) is 11.1 Å². The molecule has 3 heteroatoms.